The van der Waals surface area contributed by atoms with Crippen molar-refractivity contribution in [2.24, 2.45) is 0 Å². The lowest BCUT2D eigenvalue weighted by molar-refractivity contribution is -0.385. The van der Waals surface area contributed by atoms with Crippen molar-refractivity contribution in [2.75, 3.05) is 0 Å². The van der Waals surface area contributed by atoms with Crippen LogP contribution in [0.25, 0.3) is 0 Å². The summed E-state index contributed by atoms with van der Waals surface area (Å²) in [4.78, 5) is 9.82. The Labute approximate surface area is 108 Å². The quantitative estimate of drug-likeness (QED) is 0.679. The molecule has 0 spiro atoms. The van der Waals surface area contributed by atoms with E-state index in [0.29, 0.717) is 5.56 Å². The Morgan fingerprint density at radius 2 is 2.05 bits per heavy atom. The fraction of sp³-hybridized carbons (Fsp3) is 0.0769. The van der Waals surface area contributed by atoms with Gasteiger partial charge in [-0.3, -0.25) is 10.1 Å². The van der Waals surface area contributed by atoms with Crippen molar-refractivity contribution < 1.29 is 19.2 Å². The van der Waals surface area contributed by atoms with Gasteiger partial charge in [-0.2, -0.15) is 0 Å². The molecule has 0 bridgehead atoms. The van der Waals surface area contributed by atoms with Gasteiger partial charge in [0.1, 0.15) is 18.2 Å². The van der Waals surface area contributed by atoms with E-state index in [2.05, 4.69) is 0 Å². The molecule has 0 saturated carbocycles. The zero-order chi connectivity index (χ0) is 13.8. The van der Waals surface area contributed by atoms with E-state index in [1.165, 1.54) is 18.2 Å². The molecule has 2 aromatic rings. The van der Waals surface area contributed by atoms with Crippen molar-refractivity contribution >= 4 is 5.69 Å². The summed E-state index contributed by atoms with van der Waals surface area (Å²) >= 11 is 0. The fourth-order valence-corrected chi connectivity index (χ4v) is 1.54. The Bertz CT molecular complexity index is 615. The SMILES string of the molecule is O=[N+]([O-])c1ccc(OCc2cccc(F)c2)cc1O. The van der Waals surface area contributed by atoms with Crippen LogP contribution in [0.5, 0.6) is 11.5 Å². The zero-order valence-electron chi connectivity index (χ0n) is 9.75. The molecular formula is C13H10FNO4. The Balaban J connectivity index is 2.08. The van der Waals surface area contributed by atoms with E-state index in [0.717, 1.165) is 12.1 Å². The molecule has 0 radical (unpaired) electrons. The summed E-state index contributed by atoms with van der Waals surface area (Å²) in [5.41, 5.74) is 0.232. The lowest BCUT2D eigenvalue weighted by Crippen LogP contribution is -1.96. The second-order valence-corrected chi connectivity index (χ2v) is 3.83. The molecule has 98 valence electrons. The minimum atomic E-state index is -0.689. The maximum absolute atomic E-state index is 12.9. The van der Waals surface area contributed by atoms with Gasteiger partial charge in [-0.25, -0.2) is 4.39 Å². The molecule has 0 fully saturated rings. The Hall–Kier alpha value is -2.63. The van der Waals surface area contributed by atoms with Crippen LogP contribution in [-0.2, 0) is 6.61 Å². The summed E-state index contributed by atoms with van der Waals surface area (Å²) in [6.07, 6.45) is 0. The van der Waals surface area contributed by atoms with Crippen molar-refractivity contribution in [3.8, 4) is 11.5 Å². The fourth-order valence-electron chi connectivity index (χ4n) is 1.54. The monoisotopic (exact) mass is 263 g/mol. The van der Waals surface area contributed by atoms with Crippen molar-refractivity contribution in [1.82, 2.24) is 0 Å². The van der Waals surface area contributed by atoms with Gasteiger partial charge < -0.3 is 9.84 Å². The van der Waals surface area contributed by atoms with Crippen molar-refractivity contribution in [1.29, 1.82) is 0 Å². The highest BCUT2D eigenvalue weighted by molar-refractivity contribution is 5.49. The number of rotatable bonds is 4. The Kier molecular flexibility index (Phi) is 3.61. The van der Waals surface area contributed by atoms with Crippen LogP contribution in [0, 0.1) is 15.9 Å². The standard InChI is InChI=1S/C13H10FNO4/c14-10-3-1-2-9(6-10)8-19-11-4-5-12(15(17)18)13(16)7-11/h1-7,16H,8H2. The van der Waals surface area contributed by atoms with Crippen LogP contribution >= 0.6 is 0 Å². The van der Waals surface area contributed by atoms with Gasteiger partial charge in [-0.05, 0) is 23.8 Å². The highest BCUT2D eigenvalue weighted by Gasteiger charge is 2.13. The predicted molar refractivity (Wildman–Crippen MR) is 65.5 cm³/mol. The molecule has 0 aromatic heterocycles. The van der Waals surface area contributed by atoms with E-state index in [9.17, 15) is 19.6 Å². The first kappa shape index (κ1) is 12.8. The minimum absolute atomic E-state index is 0.106. The molecule has 19 heavy (non-hydrogen) atoms. The number of phenols is 1. The summed E-state index contributed by atoms with van der Waals surface area (Å²) in [6, 6.07) is 9.56. The van der Waals surface area contributed by atoms with E-state index in [1.807, 2.05) is 0 Å². The van der Waals surface area contributed by atoms with Gasteiger partial charge in [-0.15, -0.1) is 0 Å². The van der Waals surface area contributed by atoms with Crippen LogP contribution in [-0.4, -0.2) is 10.0 Å². The molecule has 0 aliphatic rings. The number of nitro benzene ring substituents is 1. The largest absolute Gasteiger partial charge is 0.502 e. The van der Waals surface area contributed by atoms with E-state index in [4.69, 9.17) is 4.74 Å². The zero-order valence-corrected chi connectivity index (χ0v) is 9.75. The van der Waals surface area contributed by atoms with Crippen LogP contribution in [0.4, 0.5) is 10.1 Å². The topological polar surface area (TPSA) is 72.6 Å². The van der Waals surface area contributed by atoms with Crippen molar-refractivity contribution in [3.63, 3.8) is 0 Å². The van der Waals surface area contributed by atoms with Gasteiger partial charge in [0.25, 0.3) is 0 Å². The Morgan fingerprint density at radius 3 is 2.68 bits per heavy atom. The summed E-state index contributed by atoms with van der Waals surface area (Å²) in [5, 5.41) is 19.9. The van der Waals surface area contributed by atoms with Crippen LogP contribution in [0.15, 0.2) is 42.5 Å². The molecule has 1 N–H and O–H groups in total. The molecule has 6 heteroatoms. The van der Waals surface area contributed by atoms with Crippen LogP contribution in [0.1, 0.15) is 5.56 Å². The van der Waals surface area contributed by atoms with E-state index in [1.54, 1.807) is 12.1 Å². The van der Waals surface area contributed by atoms with E-state index < -0.39 is 16.4 Å². The third kappa shape index (κ3) is 3.19. The predicted octanol–water partition coefficient (Wildman–Crippen LogP) is 3.02. The number of halogens is 1. The van der Waals surface area contributed by atoms with Gasteiger partial charge in [-0.1, -0.05) is 12.1 Å². The molecular weight excluding hydrogens is 253 g/mol. The number of benzene rings is 2. The minimum Gasteiger partial charge on any atom is -0.502 e. The number of nitrogens with zero attached hydrogens (tertiary/aromatic N) is 1. The van der Waals surface area contributed by atoms with Crippen molar-refractivity contribution in [2.45, 2.75) is 6.61 Å². The molecule has 2 aromatic carbocycles. The second kappa shape index (κ2) is 5.34. The average Bonchev–Trinajstić information content (AvgIpc) is 2.36. The van der Waals surface area contributed by atoms with Gasteiger partial charge in [0, 0.05) is 12.1 Å². The van der Waals surface area contributed by atoms with E-state index >= 15 is 0 Å². The first-order valence-corrected chi connectivity index (χ1v) is 5.41. The maximum Gasteiger partial charge on any atom is 0.310 e. The van der Waals surface area contributed by atoms with Crippen LogP contribution in [0.2, 0.25) is 0 Å². The molecule has 2 rings (SSSR count). The maximum atomic E-state index is 12.9. The summed E-state index contributed by atoms with van der Waals surface area (Å²) in [6.45, 7) is 0.106. The van der Waals surface area contributed by atoms with Gasteiger partial charge >= 0.3 is 5.69 Å². The highest BCUT2D eigenvalue weighted by atomic mass is 19.1. The molecule has 0 amide bonds. The van der Waals surface area contributed by atoms with Gasteiger partial charge in [0.15, 0.2) is 5.75 Å². The normalized spacial score (nSPS) is 10.2. The molecule has 0 saturated heterocycles. The Morgan fingerprint density at radius 1 is 1.26 bits per heavy atom. The van der Waals surface area contributed by atoms with E-state index in [-0.39, 0.29) is 18.2 Å². The highest BCUT2D eigenvalue weighted by Crippen LogP contribution is 2.29. The van der Waals surface area contributed by atoms with Gasteiger partial charge in [0.05, 0.1) is 4.92 Å². The number of ether oxygens (including phenoxy) is 1. The van der Waals surface area contributed by atoms with Gasteiger partial charge in [0.2, 0.25) is 0 Å². The summed E-state index contributed by atoms with van der Waals surface area (Å²) in [7, 11) is 0. The number of hydrogen-bond donors (Lipinski definition) is 1. The number of hydrogen-bond acceptors (Lipinski definition) is 4. The number of nitro groups is 1. The number of aromatic hydroxyl groups is 1. The summed E-state index contributed by atoms with van der Waals surface area (Å²) in [5.74, 6) is -0.568. The molecule has 0 atom stereocenters. The molecule has 0 unspecified atom stereocenters. The molecule has 0 heterocycles. The first-order chi connectivity index (χ1) is 9.06. The van der Waals surface area contributed by atoms with Crippen molar-refractivity contribution in [3.05, 3.63) is 64.0 Å². The number of phenolic OH excluding ortho intramolecular Hbond substituents is 1. The average molecular weight is 263 g/mol. The molecule has 0 aliphatic carbocycles. The third-order valence-electron chi connectivity index (χ3n) is 2.44. The molecule has 5 nitrogen and oxygen atoms in total. The summed E-state index contributed by atoms with van der Waals surface area (Å²) < 4.78 is 18.2. The molecule has 0 aliphatic heterocycles. The first-order valence-electron chi connectivity index (χ1n) is 5.41. The third-order valence-corrected chi connectivity index (χ3v) is 2.44. The smallest absolute Gasteiger partial charge is 0.310 e. The van der Waals surface area contributed by atoms with Crippen LogP contribution in [0.3, 0.4) is 0 Å². The second-order valence-electron chi connectivity index (χ2n) is 3.83. The lowest BCUT2D eigenvalue weighted by Gasteiger charge is -2.06. The lowest BCUT2D eigenvalue weighted by atomic mass is 10.2. The van der Waals surface area contributed by atoms with Crippen LogP contribution < -0.4 is 4.74 Å².